The van der Waals surface area contributed by atoms with Crippen LogP contribution in [0.3, 0.4) is 0 Å². The summed E-state index contributed by atoms with van der Waals surface area (Å²) in [5, 5.41) is 3.00. The summed E-state index contributed by atoms with van der Waals surface area (Å²) in [4.78, 5) is 24.4. The highest BCUT2D eigenvalue weighted by atomic mass is 16.5. The molecule has 3 aromatic rings. The monoisotopic (exact) mass is 422 g/mol. The van der Waals surface area contributed by atoms with E-state index in [2.05, 4.69) is 15.2 Å². The first-order valence-corrected chi connectivity index (χ1v) is 10.2. The molecule has 1 unspecified atom stereocenters. The van der Waals surface area contributed by atoms with Crippen molar-refractivity contribution in [2.45, 2.75) is 12.8 Å². The molecule has 162 valence electrons. The number of benzene rings is 2. The smallest absolute Gasteiger partial charge is 0.257 e. The summed E-state index contributed by atoms with van der Waals surface area (Å²) in [6.45, 7) is 1.34. The van der Waals surface area contributed by atoms with Gasteiger partial charge in [-0.1, -0.05) is 12.1 Å². The summed E-state index contributed by atoms with van der Waals surface area (Å²) in [6.07, 6.45) is 1.68. The number of fused-ring (bicyclic) bond motifs is 1. The molecule has 0 bridgehead atoms. The molecular weight excluding hydrogens is 396 g/mol. The molecule has 1 atom stereocenters. The van der Waals surface area contributed by atoms with Crippen molar-refractivity contribution in [3.63, 3.8) is 0 Å². The number of carbonyl (C=O) groups excluding carboxylic acids is 1. The first kappa shape index (κ1) is 20.7. The number of hydrogen-bond donors (Lipinski definition) is 1. The number of nitrogens with zero attached hydrogens (tertiary/aromatic N) is 3. The Kier molecular flexibility index (Phi) is 6.06. The first-order chi connectivity index (χ1) is 15.1. The highest BCUT2D eigenvalue weighted by Gasteiger charge is 2.29. The lowest BCUT2D eigenvalue weighted by molar-refractivity contribution is -0.120. The summed E-state index contributed by atoms with van der Waals surface area (Å²) in [5.41, 5.74) is 2.25. The molecule has 1 fully saturated rings. The van der Waals surface area contributed by atoms with E-state index in [1.165, 1.54) is 0 Å². The van der Waals surface area contributed by atoms with E-state index in [0.717, 1.165) is 30.4 Å². The van der Waals surface area contributed by atoms with Gasteiger partial charge in [0.15, 0.2) is 17.3 Å². The maximum atomic E-state index is 13.0. The van der Waals surface area contributed by atoms with Gasteiger partial charge in [0.2, 0.25) is 5.91 Å². The van der Waals surface area contributed by atoms with Gasteiger partial charge in [0.25, 0.3) is 5.88 Å². The van der Waals surface area contributed by atoms with Crippen LogP contribution in [-0.2, 0) is 4.79 Å². The van der Waals surface area contributed by atoms with Gasteiger partial charge in [-0.3, -0.25) is 4.79 Å². The lowest BCUT2D eigenvalue weighted by Crippen LogP contribution is -2.41. The van der Waals surface area contributed by atoms with E-state index in [0.29, 0.717) is 35.4 Å². The zero-order chi connectivity index (χ0) is 21.8. The van der Waals surface area contributed by atoms with Crippen LogP contribution in [-0.4, -0.2) is 50.3 Å². The SMILES string of the molecule is COc1ccc(NC(=O)C2CCCN(c3nc4ccccc4nc3OC)C2)cc1OC. The van der Waals surface area contributed by atoms with Crippen LogP contribution in [0.4, 0.5) is 11.5 Å². The molecule has 1 aliphatic heterocycles. The number of carbonyl (C=O) groups is 1. The third-order valence-electron chi connectivity index (χ3n) is 5.46. The summed E-state index contributed by atoms with van der Waals surface area (Å²) >= 11 is 0. The first-order valence-electron chi connectivity index (χ1n) is 10.2. The van der Waals surface area contributed by atoms with Gasteiger partial charge in [-0.05, 0) is 37.1 Å². The fourth-order valence-electron chi connectivity index (χ4n) is 3.86. The number of hydrogen-bond acceptors (Lipinski definition) is 7. The maximum absolute atomic E-state index is 13.0. The molecule has 0 radical (unpaired) electrons. The molecule has 8 heteroatoms. The minimum absolute atomic E-state index is 0.0374. The van der Waals surface area contributed by atoms with Gasteiger partial charge in [0.1, 0.15) is 0 Å². The fourth-order valence-corrected chi connectivity index (χ4v) is 3.86. The fraction of sp³-hybridized carbons (Fsp3) is 0.348. The maximum Gasteiger partial charge on any atom is 0.257 e. The van der Waals surface area contributed by atoms with Gasteiger partial charge in [-0.15, -0.1) is 0 Å². The topological polar surface area (TPSA) is 85.8 Å². The Morgan fingerprint density at radius 1 is 1.00 bits per heavy atom. The number of aromatic nitrogens is 2. The molecule has 1 aromatic heterocycles. The van der Waals surface area contributed by atoms with E-state index in [4.69, 9.17) is 19.2 Å². The standard InChI is InChI=1S/C23H26N4O4/c1-29-19-11-10-16(13-20(19)30-2)24-22(28)15-7-6-12-27(14-15)21-23(31-3)26-18-9-5-4-8-17(18)25-21/h4-5,8-11,13,15H,6-7,12,14H2,1-3H3,(H,24,28). The molecule has 0 saturated carbocycles. The molecule has 31 heavy (non-hydrogen) atoms. The van der Waals surface area contributed by atoms with E-state index in [1.807, 2.05) is 24.3 Å². The van der Waals surface area contributed by atoms with Crippen molar-refractivity contribution in [2.75, 3.05) is 44.6 Å². The second-order valence-corrected chi connectivity index (χ2v) is 7.39. The molecular formula is C23H26N4O4. The number of piperidine rings is 1. The van der Waals surface area contributed by atoms with Gasteiger partial charge < -0.3 is 24.4 Å². The predicted molar refractivity (Wildman–Crippen MR) is 119 cm³/mol. The Hall–Kier alpha value is -3.55. The van der Waals surface area contributed by atoms with Gasteiger partial charge in [0.05, 0.1) is 38.3 Å². The number of nitrogens with one attached hydrogen (secondary N) is 1. The zero-order valence-electron chi connectivity index (χ0n) is 17.9. The van der Waals surface area contributed by atoms with Crippen LogP contribution >= 0.6 is 0 Å². The summed E-state index contributed by atoms with van der Waals surface area (Å²) in [5.74, 6) is 2.11. The molecule has 2 heterocycles. The number of rotatable bonds is 6. The van der Waals surface area contributed by atoms with Crippen molar-refractivity contribution < 1.29 is 19.0 Å². The van der Waals surface area contributed by atoms with Gasteiger partial charge in [0, 0.05) is 24.8 Å². The van der Waals surface area contributed by atoms with Crippen LogP contribution in [0.25, 0.3) is 11.0 Å². The van der Waals surface area contributed by atoms with E-state index in [-0.39, 0.29) is 11.8 Å². The van der Waals surface area contributed by atoms with Crippen LogP contribution in [0, 0.1) is 5.92 Å². The van der Waals surface area contributed by atoms with Crippen molar-refractivity contribution in [1.29, 1.82) is 0 Å². The average Bonchev–Trinajstić information content (AvgIpc) is 2.83. The van der Waals surface area contributed by atoms with E-state index >= 15 is 0 Å². The molecule has 8 nitrogen and oxygen atoms in total. The Morgan fingerprint density at radius 2 is 1.74 bits per heavy atom. The number of amides is 1. The van der Waals surface area contributed by atoms with Gasteiger partial charge in [-0.25, -0.2) is 9.97 Å². The largest absolute Gasteiger partial charge is 0.493 e. The van der Waals surface area contributed by atoms with Crippen molar-refractivity contribution >= 4 is 28.4 Å². The zero-order valence-corrected chi connectivity index (χ0v) is 17.9. The summed E-state index contributed by atoms with van der Waals surface area (Å²) < 4.78 is 16.1. The Balaban J connectivity index is 1.52. The second-order valence-electron chi connectivity index (χ2n) is 7.39. The molecule has 0 spiro atoms. The average molecular weight is 422 g/mol. The van der Waals surface area contributed by atoms with E-state index < -0.39 is 0 Å². The molecule has 4 rings (SSSR count). The van der Waals surface area contributed by atoms with Crippen LogP contribution in [0.5, 0.6) is 17.4 Å². The van der Waals surface area contributed by atoms with Gasteiger partial charge in [-0.2, -0.15) is 0 Å². The van der Waals surface area contributed by atoms with Crippen LogP contribution < -0.4 is 24.4 Å². The second kappa shape index (κ2) is 9.07. The molecule has 0 aliphatic carbocycles. The Morgan fingerprint density at radius 3 is 2.45 bits per heavy atom. The van der Waals surface area contributed by atoms with E-state index in [1.54, 1.807) is 39.5 Å². The molecule has 2 aromatic carbocycles. The quantitative estimate of drug-likeness (QED) is 0.651. The van der Waals surface area contributed by atoms with E-state index in [9.17, 15) is 4.79 Å². The Labute approximate surface area is 181 Å². The highest BCUT2D eigenvalue weighted by Crippen LogP contribution is 2.32. The van der Waals surface area contributed by atoms with Crippen LogP contribution in [0.1, 0.15) is 12.8 Å². The Bertz CT molecular complexity index is 1090. The molecule has 1 amide bonds. The van der Waals surface area contributed by atoms with Gasteiger partial charge >= 0.3 is 0 Å². The number of ether oxygens (including phenoxy) is 3. The third-order valence-corrected chi connectivity index (χ3v) is 5.46. The van der Waals surface area contributed by atoms with Crippen LogP contribution in [0.2, 0.25) is 0 Å². The normalized spacial score (nSPS) is 16.1. The molecule has 1 aliphatic rings. The summed E-state index contributed by atoms with van der Waals surface area (Å²) in [7, 11) is 4.74. The summed E-state index contributed by atoms with van der Waals surface area (Å²) in [6, 6.07) is 13.0. The molecule has 1 saturated heterocycles. The lowest BCUT2D eigenvalue weighted by Gasteiger charge is -2.33. The van der Waals surface area contributed by atoms with Crippen molar-refractivity contribution in [1.82, 2.24) is 9.97 Å². The molecule has 1 N–H and O–H groups in total. The highest BCUT2D eigenvalue weighted by molar-refractivity contribution is 5.93. The minimum atomic E-state index is -0.181. The van der Waals surface area contributed by atoms with Crippen LogP contribution in [0.15, 0.2) is 42.5 Å². The van der Waals surface area contributed by atoms with Crippen molar-refractivity contribution in [2.24, 2.45) is 5.92 Å². The van der Waals surface area contributed by atoms with Crippen molar-refractivity contribution in [3.8, 4) is 17.4 Å². The number of anilines is 2. The predicted octanol–water partition coefficient (Wildman–Crippen LogP) is 3.51. The lowest BCUT2D eigenvalue weighted by atomic mass is 9.97. The number of methoxy groups -OCH3 is 3. The third kappa shape index (κ3) is 4.33. The van der Waals surface area contributed by atoms with Crippen molar-refractivity contribution in [3.05, 3.63) is 42.5 Å². The minimum Gasteiger partial charge on any atom is -0.493 e. The number of para-hydroxylation sites is 2.